The monoisotopic (exact) mass is 598 g/mol. The predicted octanol–water partition coefficient (Wildman–Crippen LogP) is 1.69. The summed E-state index contributed by atoms with van der Waals surface area (Å²) < 4.78 is 13.8. The molecule has 0 aromatic carbocycles. The molecule has 0 aliphatic heterocycles. The molecule has 2 unspecified atom stereocenters. The number of hydrogen-bond acceptors (Lipinski definition) is 10. The Morgan fingerprint density at radius 1 is 0.947 bits per heavy atom. The average Bonchev–Trinajstić information content (AvgIpc) is 3.52. The van der Waals surface area contributed by atoms with Gasteiger partial charge in [0, 0.05) is 83.7 Å². The minimum atomic E-state index is -1.67. The van der Waals surface area contributed by atoms with Crippen molar-refractivity contribution in [1.82, 2.24) is 19.9 Å². The highest BCUT2D eigenvalue weighted by molar-refractivity contribution is 8.26. The maximum atomic E-state index is 11.5. The van der Waals surface area contributed by atoms with Gasteiger partial charge in [-0.2, -0.15) is 0 Å². The van der Waals surface area contributed by atoms with Gasteiger partial charge < -0.3 is 31.3 Å². The van der Waals surface area contributed by atoms with Gasteiger partial charge in [0.25, 0.3) is 0 Å². The zero-order valence-corrected chi connectivity index (χ0v) is 22.6. The second-order valence-corrected chi connectivity index (χ2v) is 10.1. The first-order chi connectivity index (χ1) is 17.5. The van der Waals surface area contributed by atoms with E-state index >= 15 is 0 Å². The third-order valence-electron chi connectivity index (χ3n) is 4.72. The Morgan fingerprint density at radius 2 is 1.34 bits per heavy atom. The van der Waals surface area contributed by atoms with Crippen molar-refractivity contribution >= 4 is 54.1 Å². The fourth-order valence-electron chi connectivity index (χ4n) is 3.05. The molecule has 0 amide bonds. The van der Waals surface area contributed by atoms with E-state index in [2.05, 4.69) is 46.0 Å². The van der Waals surface area contributed by atoms with E-state index in [9.17, 15) is 19.2 Å². The molecule has 2 rings (SSSR count). The maximum absolute atomic E-state index is 11.5. The zero-order valence-electron chi connectivity index (χ0n) is 20.2. The number of carboxylic acids is 1. The first-order valence-corrected chi connectivity index (χ1v) is 13.8. The fourth-order valence-corrected chi connectivity index (χ4v) is 3.05. The summed E-state index contributed by atoms with van der Waals surface area (Å²) in [6.45, 7) is 0.562. The fraction of sp³-hybridized carbons (Fsp3) is 0.545. The Hall–Kier alpha value is -2.65. The number of imidazole rings is 2. The molecule has 7 N–H and O–H groups in total. The van der Waals surface area contributed by atoms with Crippen LogP contribution in [-0.4, -0.2) is 73.0 Å². The van der Waals surface area contributed by atoms with Gasteiger partial charge in [0.2, 0.25) is 9.23 Å². The molecule has 0 aliphatic carbocycles. The summed E-state index contributed by atoms with van der Waals surface area (Å²) in [6.07, 6.45) is 7.60. The minimum Gasteiger partial charge on any atom is -0.481 e. The number of carbonyl (C=O) groups is 4. The molecule has 13 nitrogen and oxygen atoms in total. The van der Waals surface area contributed by atoms with Crippen LogP contribution in [0.3, 0.4) is 0 Å². The van der Waals surface area contributed by atoms with Crippen LogP contribution in [0.25, 0.3) is 0 Å². The second-order valence-electron chi connectivity index (χ2n) is 7.56. The molecule has 2 atom stereocenters. The number of hydrogen-bond donors (Lipinski definition) is 5. The summed E-state index contributed by atoms with van der Waals surface area (Å²) in [4.78, 5) is 58.7. The summed E-state index contributed by atoms with van der Waals surface area (Å²) in [5.74, 6) is -2.68. The Kier molecular flexibility index (Phi) is 22.1. The number of halogens is 2. The van der Waals surface area contributed by atoms with Gasteiger partial charge in [-0.15, -0.1) is 0 Å². The number of rotatable bonds is 14. The number of carboxylic acid groups (broad SMARTS) is 1. The van der Waals surface area contributed by atoms with E-state index in [1.54, 1.807) is 12.4 Å². The van der Waals surface area contributed by atoms with Crippen LogP contribution < -0.4 is 11.5 Å². The molecule has 2 aromatic heterocycles. The average molecular weight is 600 g/mol. The summed E-state index contributed by atoms with van der Waals surface area (Å²) in [6, 6.07) is 0. The van der Waals surface area contributed by atoms with E-state index in [0.29, 0.717) is 18.7 Å². The maximum Gasteiger partial charge on any atom is 0.309 e. The van der Waals surface area contributed by atoms with Crippen molar-refractivity contribution < 1.29 is 33.2 Å². The molecule has 2 heterocycles. The summed E-state index contributed by atoms with van der Waals surface area (Å²) >= 11 is 0. The number of aliphatic carboxylic acids is 1. The molecule has 216 valence electrons. The molecule has 0 radical (unpaired) electrons. The van der Waals surface area contributed by atoms with E-state index in [1.165, 1.54) is 19.8 Å². The van der Waals surface area contributed by atoms with Crippen LogP contribution in [0.4, 0.5) is 0 Å². The molecular weight excluding hydrogens is 563 g/mol. The van der Waals surface area contributed by atoms with E-state index in [4.69, 9.17) is 20.8 Å². The number of aromatic amines is 2. The number of H-pyrrole nitrogens is 2. The highest BCUT2D eigenvalue weighted by atomic mass is 36.0. The quantitative estimate of drug-likeness (QED) is 0.155. The number of methoxy groups -OCH3 is 1. The van der Waals surface area contributed by atoms with Gasteiger partial charge in [0.15, 0.2) is 0 Å². The Bertz CT molecular complexity index is 958. The minimum absolute atomic E-state index is 0. The Balaban J connectivity index is 0. The topological polar surface area (TPSA) is 224 Å². The number of Topliss-reactive ketones (excluding diaryl/α,β-unsaturated/α-hetero) is 2. The van der Waals surface area contributed by atoms with Crippen molar-refractivity contribution in [3.63, 3.8) is 0 Å². The van der Waals surface area contributed by atoms with Crippen molar-refractivity contribution in [2.45, 2.75) is 46.0 Å². The first-order valence-electron chi connectivity index (χ1n) is 11.0. The van der Waals surface area contributed by atoms with E-state index in [0.717, 1.165) is 5.69 Å². The second kappa shape index (κ2) is 22.3. The van der Waals surface area contributed by atoms with Crippen LogP contribution in [-0.2, 0) is 46.0 Å². The van der Waals surface area contributed by atoms with Gasteiger partial charge in [-0.05, 0) is 13.1 Å². The highest BCUT2D eigenvalue weighted by Gasteiger charge is 2.23. The van der Waals surface area contributed by atoms with Crippen LogP contribution in [0.15, 0.2) is 25.0 Å². The van der Waals surface area contributed by atoms with E-state index < -0.39 is 27.0 Å². The number of aromatic nitrogens is 4. The number of ketones is 2. The lowest BCUT2D eigenvalue weighted by molar-refractivity contribution is -0.147. The van der Waals surface area contributed by atoms with Crippen molar-refractivity contribution in [3.8, 4) is 0 Å². The smallest absolute Gasteiger partial charge is 0.309 e. The van der Waals surface area contributed by atoms with Crippen molar-refractivity contribution in [2.75, 3.05) is 20.2 Å². The van der Waals surface area contributed by atoms with Gasteiger partial charge in [0.1, 0.15) is 11.6 Å². The number of nitrogens with zero attached hydrogens (tertiary/aromatic N) is 2. The van der Waals surface area contributed by atoms with Gasteiger partial charge in [-0.25, -0.2) is 14.2 Å². The lowest BCUT2D eigenvalue weighted by Gasteiger charge is -2.12. The number of esters is 1. The highest BCUT2D eigenvalue weighted by Crippen LogP contribution is 2.14. The molecule has 0 aliphatic rings. The third kappa shape index (κ3) is 18.6. The normalized spacial score (nSPS) is 11.5. The Morgan fingerprint density at radius 3 is 1.66 bits per heavy atom. The van der Waals surface area contributed by atoms with Crippen molar-refractivity contribution in [2.24, 2.45) is 23.3 Å². The molecule has 16 heteroatoms. The van der Waals surface area contributed by atoms with Crippen LogP contribution in [0.1, 0.15) is 44.5 Å². The number of nitrogens with one attached hydrogen (secondary N) is 2. The summed E-state index contributed by atoms with van der Waals surface area (Å²) in [7, 11) is 8.67. The molecule has 0 fully saturated rings. The lowest BCUT2D eigenvalue weighted by Crippen LogP contribution is -2.23. The Labute approximate surface area is 232 Å². The molecule has 2 aromatic rings. The molecule has 0 saturated carbocycles. The molecule has 38 heavy (non-hydrogen) atoms. The molecule has 0 spiro atoms. The largest absolute Gasteiger partial charge is 0.481 e. The van der Waals surface area contributed by atoms with E-state index in [-0.39, 0.29) is 63.6 Å². The van der Waals surface area contributed by atoms with Crippen molar-refractivity contribution in [1.29, 1.82) is 0 Å². The van der Waals surface area contributed by atoms with Crippen LogP contribution in [0, 0.1) is 11.8 Å². The number of carbonyl (C=O) groups excluding carboxylic acids is 3. The number of nitrogens with two attached hydrogens (primary N) is 2. The standard InChI is InChI=1S/C11H17N3O3.C10H15N3O3.CH4.Cl2OS/c1-17-11(16)8(5-10(15)2-3-12)4-9-6-13-7-14-9;11-2-1-9(14)4-7(10(15)16)3-8-5-12-6-13-8;;1-4(2)3/h6-8H,2-5,12H2,1H3,(H,13,14);5-7H,1-4,11H2,(H,12,13)(H,15,16);1H4;. The van der Waals surface area contributed by atoms with Gasteiger partial charge in [0.05, 0.1) is 31.6 Å². The van der Waals surface area contributed by atoms with Gasteiger partial charge in [-0.3, -0.25) is 19.2 Å². The van der Waals surface area contributed by atoms with Gasteiger partial charge in [-0.1, -0.05) is 7.43 Å². The number of ether oxygens (including phenoxy) is 1. The van der Waals surface area contributed by atoms with Gasteiger partial charge >= 0.3 is 11.9 Å². The predicted molar refractivity (Wildman–Crippen MR) is 144 cm³/mol. The third-order valence-corrected chi connectivity index (χ3v) is 4.72. The zero-order chi connectivity index (χ0) is 28.2. The van der Waals surface area contributed by atoms with E-state index in [1.807, 2.05) is 0 Å². The first kappa shape index (κ1) is 37.5. The van der Waals surface area contributed by atoms with Crippen molar-refractivity contribution in [3.05, 3.63) is 36.4 Å². The molecule has 0 bridgehead atoms. The summed E-state index contributed by atoms with van der Waals surface area (Å²) in [5.41, 5.74) is 12.1. The lowest BCUT2D eigenvalue weighted by atomic mass is 9.96. The van der Waals surface area contributed by atoms with Crippen LogP contribution in [0.5, 0.6) is 0 Å². The molecular formula is C22H36Cl2N6O7S. The van der Waals surface area contributed by atoms with Crippen LogP contribution in [0.2, 0.25) is 0 Å². The molecule has 0 saturated heterocycles. The summed E-state index contributed by atoms with van der Waals surface area (Å²) in [5, 5.41) is 8.97. The SMILES string of the molecule is C.COC(=O)C(CC(=O)CCN)Cc1cnc[nH]1.NCCC(=O)CC(Cc1cnc[nH]1)C(=O)O.O=S(Cl)Cl. The van der Waals surface area contributed by atoms with Crippen LogP contribution >= 0.6 is 21.4 Å².